The molecule has 0 amide bonds. The Morgan fingerprint density at radius 3 is 0.900 bits per heavy atom. The van der Waals surface area contributed by atoms with Gasteiger partial charge in [0.1, 0.15) is 0 Å². The zero-order valence-corrected chi connectivity index (χ0v) is 10.4. The molecule has 0 spiro atoms. The predicted octanol–water partition coefficient (Wildman–Crippen LogP) is -5.43. The van der Waals surface area contributed by atoms with Crippen LogP contribution in [0.3, 0.4) is 0 Å². The van der Waals surface area contributed by atoms with E-state index >= 15 is 0 Å². The Bertz CT molecular complexity index is 37.1. The molecule has 0 saturated carbocycles. The molecule has 0 radical (unpaired) electrons. The fourth-order valence-corrected chi connectivity index (χ4v) is 0. The van der Waals surface area contributed by atoms with Gasteiger partial charge in [0.05, 0.1) is 5.09 Å². The average Bonchev–Trinajstić information content (AvgIpc) is 0.811. The molecule has 0 saturated heterocycles. The van der Waals surface area contributed by atoms with Crippen molar-refractivity contribution in [2.24, 2.45) is 0 Å². The Hall–Kier alpha value is -0.117. The van der Waals surface area contributed by atoms with Crippen LogP contribution < -0.4 is 0 Å². The standard InChI is InChI=1S/Bi.NO3.5H2O.3H/c;2-1(3)4;;;;;;;;/h;;5*1H2;;;/q;-1;;;;;;;;/p+1. The smallest absolute Gasteiger partial charge is 1.00 e. The Labute approximate surface area is 75.9 Å². The van der Waals surface area contributed by atoms with Crippen LogP contribution in [0.5, 0.6) is 0 Å². The van der Waals surface area contributed by atoms with Gasteiger partial charge >= 0.3 is 27.6 Å². The molecule has 0 aromatic heterocycles. The second-order valence-corrected chi connectivity index (χ2v) is 0.224. The van der Waals surface area contributed by atoms with Crippen molar-refractivity contribution in [3.8, 4) is 0 Å². The SMILES string of the molecule is O.O.O.O.O.O=[N+]([O-])[O-].[BiH3].[H+]. The molecule has 72 valence electrons. The molecule has 0 aliphatic heterocycles. The molecule has 0 bridgehead atoms. The Morgan fingerprint density at radius 2 is 0.900 bits per heavy atom. The van der Waals surface area contributed by atoms with Crippen molar-refractivity contribution in [2.75, 3.05) is 0 Å². The van der Waals surface area contributed by atoms with E-state index in [9.17, 15) is 0 Å². The number of nitrogens with zero attached hydrogens (tertiary/aromatic N) is 1. The molecule has 0 heterocycles. The van der Waals surface area contributed by atoms with Crippen LogP contribution in [0.15, 0.2) is 0 Å². The third-order valence-electron chi connectivity index (χ3n) is 0. The van der Waals surface area contributed by atoms with Crippen molar-refractivity contribution in [1.29, 1.82) is 0 Å². The van der Waals surface area contributed by atoms with Gasteiger partial charge in [-0.15, -0.1) is 0 Å². The Morgan fingerprint density at radius 1 is 0.900 bits per heavy atom. The molecule has 0 aromatic rings. The summed E-state index contributed by atoms with van der Waals surface area (Å²) in [5.41, 5.74) is 0. The van der Waals surface area contributed by atoms with Crippen LogP contribution in [0.25, 0.3) is 0 Å². The molecule has 0 atom stereocenters. The van der Waals surface area contributed by atoms with Crippen LogP contribution in [0.4, 0.5) is 0 Å². The summed E-state index contributed by atoms with van der Waals surface area (Å²) in [4.78, 5) is 8.25. The molecular formula is H14BiNO8. The fourth-order valence-electron chi connectivity index (χ4n) is 0. The second-order valence-electron chi connectivity index (χ2n) is 0.224. The minimum atomic E-state index is -1.75. The number of rotatable bonds is 0. The van der Waals surface area contributed by atoms with Crippen molar-refractivity contribution in [3.05, 3.63) is 15.3 Å². The van der Waals surface area contributed by atoms with E-state index in [0.717, 1.165) is 0 Å². The van der Waals surface area contributed by atoms with Crippen molar-refractivity contribution in [2.45, 2.75) is 0 Å². The van der Waals surface area contributed by atoms with Gasteiger partial charge in [0.15, 0.2) is 0 Å². The summed E-state index contributed by atoms with van der Waals surface area (Å²) >= 11 is 0. The minimum absolute atomic E-state index is 0. The molecule has 0 unspecified atom stereocenters. The van der Waals surface area contributed by atoms with E-state index in [1.807, 2.05) is 0 Å². The van der Waals surface area contributed by atoms with Gasteiger partial charge in [0.25, 0.3) is 0 Å². The van der Waals surface area contributed by atoms with Crippen LogP contribution >= 0.6 is 0 Å². The maximum atomic E-state index is 8.25. The summed E-state index contributed by atoms with van der Waals surface area (Å²) in [6.07, 6.45) is 0. The van der Waals surface area contributed by atoms with Gasteiger partial charge in [0.2, 0.25) is 0 Å². The van der Waals surface area contributed by atoms with Gasteiger partial charge in [-0.3, -0.25) is 0 Å². The maximum absolute atomic E-state index is 8.25. The van der Waals surface area contributed by atoms with E-state index in [0.29, 0.717) is 0 Å². The first-order chi connectivity index (χ1) is 1.73. The summed E-state index contributed by atoms with van der Waals surface area (Å²) in [6.45, 7) is 0. The summed E-state index contributed by atoms with van der Waals surface area (Å²) < 4.78 is 0. The van der Waals surface area contributed by atoms with E-state index in [4.69, 9.17) is 15.3 Å². The van der Waals surface area contributed by atoms with Crippen LogP contribution in [-0.4, -0.2) is 58.7 Å². The van der Waals surface area contributed by atoms with Crippen molar-refractivity contribution >= 4 is 26.2 Å². The van der Waals surface area contributed by atoms with Crippen LogP contribution in [-0.2, 0) is 0 Å². The zero-order chi connectivity index (χ0) is 3.58. The molecule has 0 aromatic carbocycles. The normalized spacial score (nSPS) is 2.40. The molecule has 10 heavy (non-hydrogen) atoms. The molecule has 0 fully saturated rings. The third kappa shape index (κ3) is 27300. The first-order valence-electron chi connectivity index (χ1n) is 0.548. The van der Waals surface area contributed by atoms with E-state index in [-0.39, 0.29) is 55.0 Å². The monoisotopic (exact) mass is 365 g/mol. The number of hydrogen-bond acceptors (Lipinski definition) is 3. The first-order valence-corrected chi connectivity index (χ1v) is 0.548. The van der Waals surface area contributed by atoms with Gasteiger partial charge in [-0.2, -0.15) is 0 Å². The Balaban J connectivity index is -0.00000000214. The molecule has 0 rings (SSSR count). The van der Waals surface area contributed by atoms with E-state index in [1.54, 1.807) is 0 Å². The second kappa shape index (κ2) is 66.4. The molecule has 10 N–H and O–H groups in total. The van der Waals surface area contributed by atoms with Gasteiger partial charge in [-0.1, -0.05) is 0 Å². The molecule has 9 nitrogen and oxygen atoms in total. The summed E-state index contributed by atoms with van der Waals surface area (Å²) in [7, 11) is 0. The van der Waals surface area contributed by atoms with Gasteiger partial charge in [-0.05, 0) is 0 Å². The van der Waals surface area contributed by atoms with Crippen LogP contribution in [0.2, 0.25) is 0 Å². The van der Waals surface area contributed by atoms with Gasteiger partial charge in [0, 0.05) is 0 Å². The summed E-state index contributed by atoms with van der Waals surface area (Å²) in [5.74, 6) is 0. The minimum Gasteiger partial charge on any atom is 1.00 e. The quantitative estimate of drug-likeness (QED) is 0.233. The molecular weight excluding hydrogens is 351 g/mol. The largest absolute Gasteiger partial charge is 1.00 e. The van der Waals surface area contributed by atoms with Crippen molar-refractivity contribution < 1.29 is 33.9 Å². The molecule has 0 aliphatic carbocycles. The van der Waals surface area contributed by atoms with Crippen LogP contribution in [0, 0.1) is 15.3 Å². The Kier molecular flexibility index (Phi) is 623. The van der Waals surface area contributed by atoms with E-state index < -0.39 is 5.09 Å². The van der Waals surface area contributed by atoms with Crippen molar-refractivity contribution in [3.63, 3.8) is 0 Å². The third-order valence-corrected chi connectivity index (χ3v) is 0. The van der Waals surface area contributed by atoms with Gasteiger partial charge in [-0.25, -0.2) is 0 Å². The van der Waals surface area contributed by atoms with Crippen LogP contribution in [0.1, 0.15) is 1.43 Å². The predicted molar refractivity (Wildman–Crippen MR) is 39.5 cm³/mol. The van der Waals surface area contributed by atoms with E-state index in [2.05, 4.69) is 0 Å². The summed E-state index contributed by atoms with van der Waals surface area (Å²) in [6, 6.07) is 0. The van der Waals surface area contributed by atoms with E-state index in [1.165, 1.54) is 0 Å². The van der Waals surface area contributed by atoms with Crippen molar-refractivity contribution in [1.82, 2.24) is 0 Å². The maximum Gasteiger partial charge on any atom is 1.00 e. The average molecular weight is 365 g/mol. The van der Waals surface area contributed by atoms with Gasteiger partial charge < -0.3 is 42.7 Å². The fraction of sp³-hybridized carbons (Fsp3) is 0. The number of hydrogen-bond donors (Lipinski definition) is 0. The molecule has 0 aliphatic rings. The molecule has 10 heteroatoms. The first kappa shape index (κ1) is 93.8. The summed E-state index contributed by atoms with van der Waals surface area (Å²) in [5, 5.41) is 14.8. The topological polar surface area (TPSA) is 224 Å². The zero-order valence-electron chi connectivity index (χ0n) is 5.88.